The molecule has 18 heavy (non-hydrogen) atoms. The molecular weight excluding hydrogens is 263 g/mol. The maximum absolute atomic E-state index is 12.4. The standard InChI is InChI=1S/C11H14F3N3S/c12-11(13,14)5-17-6-15-16-10(17)18-9-4-7-1-2-8(9)3-7/h6-9H,1-5H2/t7-,8+,9+/m0/s1. The van der Waals surface area contributed by atoms with Crippen LogP contribution in [0.5, 0.6) is 0 Å². The minimum atomic E-state index is -4.22. The van der Waals surface area contributed by atoms with Crippen molar-refractivity contribution in [3.63, 3.8) is 0 Å². The number of alkyl halides is 3. The molecule has 0 aliphatic heterocycles. The molecule has 3 atom stereocenters. The molecule has 3 rings (SSSR count). The van der Waals surface area contributed by atoms with Gasteiger partial charge in [0.25, 0.3) is 0 Å². The largest absolute Gasteiger partial charge is 0.406 e. The van der Waals surface area contributed by atoms with Gasteiger partial charge in [0.05, 0.1) is 0 Å². The van der Waals surface area contributed by atoms with Gasteiger partial charge < -0.3 is 0 Å². The highest BCUT2D eigenvalue weighted by molar-refractivity contribution is 7.99. The maximum Gasteiger partial charge on any atom is 0.406 e. The van der Waals surface area contributed by atoms with Gasteiger partial charge in [-0.25, -0.2) is 0 Å². The van der Waals surface area contributed by atoms with Gasteiger partial charge in [-0.2, -0.15) is 13.2 Å². The molecule has 2 fully saturated rings. The molecule has 0 saturated heterocycles. The van der Waals surface area contributed by atoms with E-state index >= 15 is 0 Å². The van der Waals surface area contributed by atoms with Crippen LogP contribution in [0.2, 0.25) is 0 Å². The summed E-state index contributed by atoms with van der Waals surface area (Å²) < 4.78 is 38.2. The molecule has 0 radical (unpaired) electrons. The zero-order valence-electron chi connectivity index (χ0n) is 9.73. The predicted molar refractivity (Wildman–Crippen MR) is 61.2 cm³/mol. The number of rotatable bonds is 3. The number of nitrogens with zero attached hydrogens (tertiary/aromatic N) is 3. The van der Waals surface area contributed by atoms with Crippen LogP contribution in [0.15, 0.2) is 11.5 Å². The summed E-state index contributed by atoms with van der Waals surface area (Å²) in [4.78, 5) is 0. The van der Waals surface area contributed by atoms with Gasteiger partial charge in [-0.1, -0.05) is 18.2 Å². The quantitative estimate of drug-likeness (QED) is 0.850. The molecule has 2 aliphatic carbocycles. The summed E-state index contributed by atoms with van der Waals surface area (Å²) in [5, 5.41) is 8.26. The molecule has 0 amide bonds. The van der Waals surface area contributed by atoms with E-state index in [4.69, 9.17) is 0 Å². The Morgan fingerprint density at radius 1 is 1.33 bits per heavy atom. The Kier molecular flexibility index (Phi) is 3.03. The van der Waals surface area contributed by atoms with Crippen molar-refractivity contribution in [2.24, 2.45) is 11.8 Å². The first kappa shape index (κ1) is 12.3. The smallest absolute Gasteiger partial charge is 0.299 e. The molecule has 2 saturated carbocycles. The van der Waals surface area contributed by atoms with Crippen molar-refractivity contribution in [1.29, 1.82) is 0 Å². The van der Waals surface area contributed by atoms with Crippen molar-refractivity contribution in [1.82, 2.24) is 14.8 Å². The van der Waals surface area contributed by atoms with E-state index in [1.807, 2.05) is 0 Å². The number of aromatic nitrogens is 3. The molecule has 1 aromatic heterocycles. The minimum absolute atomic E-state index is 0.407. The van der Waals surface area contributed by atoms with Crippen LogP contribution >= 0.6 is 11.8 Å². The number of hydrogen-bond acceptors (Lipinski definition) is 3. The Labute approximate surface area is 107 Å². The van der Waals surface area contributed by atoms with Crippen LogP contribution in [0.3, 0.4) is 0 Å². The lowest BCUT2D eigenvalue weighted by Gasteiger charge is -2.20. The Hall–Kier alpha value is -0.720. The summed E-state index contributed by atoms with van der Waals surface area (Å²) in [6, 6.07) is 0. The molecule has 100 valence electrons. The van der Waals surface area contributed by atoms with Gasteiger partial charge in [-0.05, 0) is 31.1 Å². The van der Waals surface area contributed by atoms with Crippen molar-refractivity contribution in [3.05, 3.63) is 6.33 Å². The number of hydrogen-bond donors (Lipinski definition) is 0. The lowest BCUT2D eigenvalue weighted by Crippen LogP contribution is -2.19. The van der Waals surface area contributed by atoms with E-state index in [-0.39, 0.29) is 0 Å². The van der Waals surface area contributed by atoms with Crippen LogP contribution in [-0.2, 0) is 6.54 Å². The van der Waals surface area contributed by atoms with Crippen molar-refractivity contribution >= 4 is 11.8 Å². The van der Waals surface area contributed by atoms with Crippen molar-refractivity contribution in [3.8, 4) is 0 Å². The molecule has 1 aromatic rings. The first-order valence-electron chi connectivity index (χ1n) is 6.12. The third-order valence-corrected chi connectivity index (χ3v) is 5.27. The van der Waals surface area contributed by atoms with Gasteiger partial charge in [-0.15, -0.1) is 10.2 Å². The lowest BCUT2D eigenvalue weighted by atomic mass is 10.0. The van der Waals surface area contributed by atoms with Crippen molar-refractivity contribution in [2.75, 3.05) is 0 Å². The third kappa shape index (κ3) is 2.50. The third-order valence-electron chi connectivity index (χ3n) is 3.86. The van der Waals surface area contributed by atoms with Crippen LogP contribution in [0.4, 0.5) is 13.2 Å². The Balaban J connectivity index is 1.68. The zero-order chi connectivity index (χ0) is 12.8. The van der Waals surface area contributed by atoms with Crippen LogP contribution in [-0.4, -0.2) is 26.2 Å². The van der Waals surface area contributed by atoms with Gasteiger partial charge in [0.2, 0.25) is 0 Å². The molecule has 2 aliphatic rings. The second-order valence-electron chi connectivity index (χ2n) is 5.19. The molecule has 0 aromatic carbocycles. The van der Waals surface area contributed by atoms with Gasteiger partial charge >= 0.3 is 6.18 Å². The van der Waals surface area contributed by atoms with E-state index in [2.05, 4.69) is 10.2 Å². The SMILES string of the molecule is FC(F)(F)Cn1cnnc1S[C@@H]1C[C@H]2CC[C@@H]1C2. The van der Waals surface area contributed by atoms with E-state index in [1.54, 1.807) is 0 Å². The highest BCUT2D eigenvalue weighted by Gasteiger charge is 2.41. The van der Waals surface area contributed by atoms with E-state index in [0.717, 1.165) is 16.9 Å². The molecule has 0 N–H and O–H groups in total. The van der Waals surface area contributed by atoms with Crippen LogP contribution < -0.4 is 0 Å². The fourth-order valence-electron chi connectivity index (χ4n) is 3.10. The van der Waals surface area contributed by atoms with Gasteiger partial charge in [0.1, 0.15) is 12.9 Å². The number of thioether (sulfide) groups is 1. The summed E-state index contributed by atoms with van der Waals surface area (Å²) in [7, 11) is 0. The Morgan fingerprint density at radius 2 is 2.17 bits per heavy atom. The minimum Gasteiger partial charge on any atom is -0.299 e. The van der Waals surface area contributed by atoms with E-state index in [1.165, 1.54) is 37.4 Å². The first-order chi connectivity index (χ1) is 8.51. The summed E-state index contributed by atoms with van der Waals surface area (Å²) in [5.41, 5.74) is 0. The normalized spacial score (nSPS) is 31.2. The van der Waals surface area contributed by atoms with Crippen LogP contribution in [0.1, 0.15) is 25.7 Å². The summed E-state index contributed by atoms with van der Waals surface area (Å²) in [6.45, 7) is -0.997. The van der Waals surface area contributed by atoms with Gasteiger partial charge in [0, 0.05) is 5.25 Å². The maximum atomic E-state index is 12.4. The predicted octanol–water partition coefficient (Wildman–Crippen LogP) is 3.12. The van der Waals surface area contributed by atoms with Crippen molar-refractivity contribution < 1.29 is 13.2 Å². The van der Waals surface area contributed by atoms with E-state index in [0.29, 0.717) is 16.3 Å². The molecule has 7 heteroatoms. The highest BCUT2D eigenvalue weighted by atomic mass is 32.2. The Bertz CT molecular complexity index is 431. The topological polar surface area (TPSA) is 30.7 Å². The summed E-state index contributed by atoms with van der Waals surface area (Å²) in [5.74, 6) is 1.45. The summed E-state index contributed by atoms with van der Waals surface area (Å²) in [6.07, 6.45) is 1.82. The van der Waals surface area contributed by atoms with E-state index in [9.17, 15) is 13.2 Å². The molecule has 0 spiro atoms. The number of halogens is 3. The Morgan fingerprint density at radius 3 is 2.78 bits per heavy atom. The molecule has 0 unspecified atom stereocenters. The number of fused-ring (bicyclic) bond motifs is 2. The van der Waals surface area contributed by atoms with Crippen LogP contribution in [0.25, 0.3) is 0 Å². The van der Waals surface area contributed by atoms with Crippen LogP contribution in [0, 0.1) is 11.8 Å². The molecule has 1 heterocycles. The van der Waals surface area contributed by atoms with Gasteiger partial charge in [-0.3, -0.25) is 4.57 Å². The lowest BCUT2D eigenvalue weighted by molar-refractivity contribution is -0.142. The van der Waals surface area contributed by atoms with Gasteiger partial charge in [0.15, 0.2) is 5.16 Å². The average molecular weight is 277 g/mol. The van der Waals surface area contributed by atoms with Crippen molar-refractivity contribution in [2.45, 2.75) is 48.8 Å². The fourth-order valence-corrected chi connectivity index (χ4v) is 4.52. The zero-order valence-corrected chi connectivity index (χ0v) is 10.5. The monoisotopic (exact) mass is 277 g/mol. The molecular formula is C11H14F3N3S. The fraction of sp³-hybridized carbons (Fsp3) is 0.818. The average Bonchev–Trinajstić information content (AvgIpc) is 2.94. The second-order valence-corrected chi connectivity index (χ2v) is 6.39. The second kappa shape index (κ2) is 4.43. The molecule has 3 nitrogen and oxygen atoms in total. The first-order valence-corrected chi connectivity index (χ1v) is 7.00. The molecule has 2 bridgehead atoms. The summed E-state index contributed by atoms with van der Waals surface area (Å²) >= 11 is 1.48. The van der Waals surface area contributed by atoms with E-state index < -0.39 is 12.7 Å². The highest BCUT2D eigenvalue weighted by Crippen LogP contribution is 2.50.